The van der Waals surface area contributed by atoms with Crippen molar-refractivity contribution in [2.75, 3.05) is 0 Å². The molecule has 4 nitrogen and oxygen atoms in total. The first kappa shape index (κ1) is 12.3. The molecule has 0 aliphatic carbocycles. The highest BCUT2D eigenvalue weighted by molar-refractivity contribution is 7.13. The Morgan fingerprint density at radius 3 is 2.95 bits per heavy atom. The van der Waals surface area contributed by atoms with E-state index in [1.165, 1.54) is 11.3 Å². The number of rotatable bonds is 3. The Balaban J connectivity index is 1.94. The zero-order chi connectivity index (χ0) is 13.8. The lowest BCUT2D eigenvalue weighted by Crippen LogP contribution is -1.86. The fourth-order valence-corrected chi connectivity index (χ4v) is 2.44. The Hall–Kier alpha value is -2.71. The van der Waals surface area contributed by atoms with Crippen LogP contribution in [0.4, 0.5) is 0 Å². The first-order valence-electron chi connectivity index (χ1n) is 5.89. The van der Waals surface area contributed by atoms with Crippen molar-refractivity contribution in [1.29, 1.82) is 5.26 Å². The van der Waals surface area contributed by atoms with E-state index in [1.807, 2.05) is 29.6 Å². The average molecular weight is 279 g/mol. The Kier molecular flexibility index (Phi) is 3.40. The number of allylic oxidation sites excluding steroid dienone is 1. The van der Waals surface area contributed by atoms with Crippen molar-refractivity contribution in [3.8, 4) is 16.8 Å². The van der Waals surface area contributed by atoms with Crippen LogP contribution in [0.25, 0.3) is 22.4 Å². The molecule has 3 rings (SSSR count). The molecule has 0 unspecified atom stereocenters. The minimum Gasteiger partial charge on any atom is -0.462 e. The number of pyridine rings is 1. The third kappa shape index (κ3) is 2.51. The lowest BCUT2D eigenvalue weighted by molar-refractivity contribution is 0.582. The lowest BCUT2D eigenvalue weighted by atomic mass is 10.1. The third-order valence-electron chi connectivity index (χ3n) is 2.61. The number of furan rings is 1. The summed E-state index contributed by atoms with van der Waals surface area (Å²) in [6.45, 7) is 0. The van der Waals surface area contributed by atoms with E-state index in [-0.39, 0.29) is 0 Å². The zero-order valence-electron chi connectivity index (χ0n) is 10.4. The molecular formula is C15H9N3OS. The molecule has 3 aromatic heterocycles. The number of aromatic nitrogens is 2. The SMILES string of the molecule is N#CC(=Cc1csc(-c2ccco2)n1)c1ccccn1. The Labute approximate surface area is 119 Å². The number of thiazole rings is 1. The van der Waals surface area contributed by atoms with Crippen LogP contribution in [-0.4, -0.2) is 9.97 Å². The highest BCUT2D eigenvalue weighted by Gasteiger charge is 2.07. The molecule has 0 aliphatic rings. The molecule has 96 valence electrons. The summed E-state index contributed by atoms with van der Waals surface area (Å²) in [4.78, 5) is 8.60. The van der Waals surface area contributed by atoms with Crippen LogP contribution < -0.4 is 0 Å². The maximum atomic E-state index is 9.23. The molecule has 20 heavy (non-hydrogen) atoms. The first-order chi connectivity index (χ1) is 9.86. The molecular weight excluding hydrogens is 270 g/mol. The zero-order valence-corrected chi connectivity index (χ0v) is 11.2. The lowest BCUT2D eigenvalue weighted by Gasteiger charge is -1.95. The minimum atomic E-state index is 0.488. The van der Waals surface area contributed by atoms with Gasteiger partial charge in [0.1, 0.15) is 6.07 Å². The van der Waals surface area contributed by atoms with Crippen LogP contribution in [0.3, 0.4) is 0 Å². The molecule has 5 heteroatoms. The number of hydrogen-bond acceptors (Lipinski definition) is 5. The Bertz CT molecular complexity index is 767. The van der Waals surface area contributed by atoms with Crippen molar-refractivity contribution in [2.45, 2.75) is 0 Å². The van der Waals surface area contributed by atoms with Crippen molar-refractivity contribution in [1.82, 2.24) is 9.97 Å². The fraction of sp³-hybridized carbons (Fsp3) is 0. The monoisotopic (exact) mass is 279 g/mol. The second-order valence-corrected chi connectivity index (χ2v) is 4.80. The maximum Gasteiger partial charge on any atom is 0.162 e. The topological polar surface area (TPSA) is 62.7 Å². The molecule has 0 N–H and O–H groups in total. The summed E-state index contributed by atoms with van der Waals surface area (Å²) in [5, 5.41) is 11.9. The van der Waals surface area contributed by atoms with Crippen LogP contribution >= 0.6 is 11.3 Å². The summed E-state index contributed by atoms with van der Waals surface area (Å²) < 4.78 is 5.30. The van der Waals surface area contributed by atoms with Gasteiger partial charge in [-0.05, 0) is 30.3 Å². The molecule has 0 atom stereocenters. The van der Waals surface area contributed by atoms with Crippen molar-refractivity contribution < 1.29 is 4.42 Å². The minimum absolute atomic E-state index is 0.488. The van der Waals surface area contributed by atoms with Crippen LogP contribution in [0.2, 0.25) is 0 Å². The number of nitriles is 1. The summed E-state index contributed by atoms with van der Waals surface area (Å²) in [5.41, 5.74) is 1.85. The van der Waals surface area contributed by atoms with Gasteiger partial charge in [-0.3, -0.25) is 4.98 Å². The van der Waals surface area contributed by atoms with Crippen LogP contribution in [0.1, 0.15) is 11.4 Å². The van der Waals surface area contributed by atoms with E-state index in [9.17, 15) is 5.26 Å². The predicted octanol–water partition coefficient (Wildman–Crippen LogP) is 3.86. The van der Waals surface area contributed by atoms with Gasteiger partial charge in [0.05, 0.1) is 23.2 Å². The molecule has 3 aromatic rings. The highest BCUT2D eigenvalue weighted by atomic mass is 32.1. The van der Waals surface area contributed by atoms with Crippen LogP contribution in [0, 0.1) is 11.3 Å². The number of nitrogens with zero attached hydrogens (tertiary/aromatic N) is 3. The van der Waals surface area contributed by atoms with Crippen molar-refractivity contribution in [3.05, 3.63) is 59.6 Å². The van der Waals surface area contributed by atoms with Gasteiger partial charge in [0.15, 0.2) is 10.8 Å². The van der Waals surface area contributed by atoms with E-state index in [2.05, 4.69) is 16.0 Å². The molecule has 0 bridgehead atoms. The molecule has 0 amide bonds. The van der Waals surface area contributed by atoms with Crippen molar-refractivity contribution in [3.63, 3.8) is 0 Å². The molecule has 0 aliphatic heterocycles. The predicted molar refractivity (Wildman–Crippen MR) is 77.5 cm³/mol. The van der Waals surface area contributed by atoms with Crippen molar-refractivity contribution >= 4 is 23.0 Å². The van der Waals surface area contributed by atoms with E-state index < -0.39 is 0 Å². The quantitative estimate of drug-likeness (QED) is 0.683. The van der Waals surface area contributed by atoms with Gasteiger partial charge < -0.3 is 4.42 Å². The largest absolute Gasteiger partial charge is 0.462 e. The standard InChI is InChI=1S/C15H9N3OS/c16-9-11(13-4-1-2-6-17-13)8-12-10-20-15(18-12)14-5-3-7-19-14/h1-8,10H. The van der Waals surface area contributed by atoms with E-state index in [0.29, 0.717) is 11.3 Å². The summed E-state index contributed by atoms with van der Waals surface area (Å²) >= 11 is 1.48. The number of hydrogen-bond donors (Lipinski definition) is 0. The summed E-state index contributed by atoms with van der Waals surface area (Å²) in [6.07, 6.45) is 5.00. The van der Waals surface area contributed by atoms with Gasteiger partial charge in [-0.15, -0.1) is 11.3 Å². The van der Waals surface area contributed by atoms with Gasteiger partial charge in [0.2, 0.25) is 0 Å². The van der Waals surface area contributed by atoms with Gasteiger partial charge in [-0.1, -0.05) is 6.07 Å². The molecule has 0 aromatic carbocycles. The van der Waals surface area contributed by atoms with Gasteiger partial charge in [0, 0.05) is 11.6 Å². The maximum absolute atomic E-state index is 9.23. The van der Waals surface area contributed by atoms with Gasteiger partial charge in [-0.25, -0.2) is 4.98 Å². The van der Waals surface area contributed by atoms with Gasteiger partial charge in [0.25, 0.3) is 0 Å². The van der Waals surface area contributed by atoms with Crippen molar-refractivity contribution in [2.24, 2.45) is 0 Å². The van der Waals surface area contributed by atoms with E-state index in [0.717, 1.165) is 16.5 Å². The first-order valence-corrected chi connectivity index (χ1v) is 6.77. The molecule has 0 saturated carbocycles. The smallest absolute Gasteiger partial charge is 0.162 e. The van der Waals surface area contributed by atoms with Crippen LogP contribution in [0.15, 0.2) is 52.6 Å². The van der Waals surface area contributed by atoms with Crippen LogP contribution in [0.5, 0.6) is 0 Å². The fourth-order valence-electron chi connectivity index (χ4n) is 1.70. The second kappa shape index (κ2) is 5.51. The van der Waals surface area contributed by atoms with Crippen LogP contribution in [-0.2, 0) is 0 Å². The third-order valence-corrected chi connectivity index (χ3v) is 3.48. The summed E-state index contributed by atoms with van der Waals surface area (Å²) in [6, 6.07) is 11.3. The Morgan fingerprint density at radius 1 is 1.30 bits per heavy atom. The normalized spacial score (nSPS) is 11.2. The molecule has 0 spiro atoms. The van der Waals surface area contributed by atoms with Gasteiger partial charge >= 0.3 is 0 Å². The van der Waals surface area contributed by atoms with E-state index in [1.54, 1.807) is 24.6 Å². The van der Waals surface area contributed by atoms with E-state index >= 15 is 0 Å². The highest BCUT2D eigenvalue weighted by Crippen LogP contribution is 2.25. The van der Waals surface area contributed by atoms with Gasteiger partial charge in [-0.2, -0.15) is 5.26 Å². The molecule has 0 saturated heterocycles. The van der Waals surface area contributed by atoms with E-state index in [4.69, 9.17) is 4.42 Å². The molecule has 3 heterocycles. The molecule has 0 fully saturated rings. The summed E-state index contributed by atoms with van der Waals surface area (Å²) in [5.74, 6) is 0.728. The average Bonchev–Trinajstić information content (AvgIpc) is 3.16. The molecule has 0 radical (unpaired) electrons. The second-order valence-electron chi connectivity index (χ2n) is 3.94. The Morgan fingerprint density at radius 2 is 2.25 bits per heavy atom. The summed E-state index contributed by atoms with van der Waals surface area (Å²) in [7, 11) is 0.